The summed E-state index contributed by atoms with van der Waals surface area (Å²) in [6.07, 6.45) is 6.73. The molecule has 0 heterocycles. The van der Waals surface area contributed by atoms with E-state index in [1.165, 1.54) is 33.5 Å². The first-order valence-corrected chi connectivity index (χ1v) is 9.21. The summed E-state index contributed by atoms with van der Waals surface area (Å²) in [4.78, 5) is 23.9. The summed E-state index contributed by atoms with van der Waals surface area (Å²) in [6, 6.07) is 5.12. The van der Waals surface area contributed by atoms with Crippen LogP contribution in [0.25, 0.3) is 0 Å². The average Bonchev–Trinajstić information content (AvgIpc) is 2.67. The maximum atomic E-state index is 12.1. The molecule has 0 atom stereocenters. The molecule has 26 heavy (non-hydrogen) atoms. The van der Waals surface area contributed by atoms with Crippen molar-refractivity contribution in [3.63, 3.8) is 0 Å². The van der Waals surface area contributed by atoms with Crippen LogP contribution in [0.1, 0.15) is 51.4 Å². The smallest absolute Gasteiger partial charge is 0.311 e. The molecule has 1 aromatic rings. The molecule has 1 saturated carbocycles. The van der Waals surface area contributed by atoms with Gasteiger partial charge in [-0.15, -0.1) is 0 Å². The summed E-state index contributed by atoms with van der Waals surface area (Å²) >= 11 is 0. The first kappa shape index (κ1) is 20.1. The number of carbonyl (C=O) groups excluding carboxylic acids is 2. The Hall–Kier alpha value is -2.24. The van der Waals surface area contributed by atoms with Crippen LogP contribution in [0.3, 0.4) is 0 Å². The minimum Gasteiger partial charge on any atom is -0.493 e. The third-order valence-corrected chi connectivity index (χ3v) is 4.57. The van der Waals surface area contributed by atoms with Crippen LogP contribution in [0.15, 0.2) is 18.2 Å². The molecule has 0 aromatic heterocycles. The quantitative estimate of drug-likeness (QED) is 0.489. The average molecular weight is 364 g/mol. The van der Waals surface area contributed by atoms with Gasteiger partial charge in [-0.05, 0) is 37.3 Å². The molecule has 0 spiro atoms. The van der Waals surface area contributed by atoms with Crippen molar-refractivity contribution in [2.45, 2.75) is 51.4 Å². The van der Waals surface area contributed by atoms with E-state index in [1.54, 1.807) is 18.2 Å². The SMILES string of the molecule is COc1cccc(OC)c1OC(=O)CCCC(=O)OCC1CCCCC1. The van der Waals surface area contributed by atoms with Crippen LogP contribution in [0.2, 0.25) is 0 Å². The first-order chi connectivity index (χ1) is 12.6. The highest BCUT2D eigenvalue weighted by Crippen LogP contribution is 2.37. The molecule has 0 amide bonds. The highest BCUT2D eigenvalue weighted by atomic mass is 16.6. The fraction of sp³-hybridized carbons (Fsp3) is 0.600. The normalized spacial score (nSPS) is 14.5. The largest absolute Gasteiger partial charge is 0.493 e. The zero-order valence-corrected chi connectivity index (χ0v) is 15.6. The van der Waals surface area contributed by atoms with E-state index in [9.17, 15) is 9.59 Å². The van der Waals surface area contributed by atoms with E-state index in [-0.39, 0.29) is 24.6 Å². The van der Waals surface area contributed by atoms with Gasteiger partial charge >= 0.3 is 11.9 Å². The van der Waals surface area contributed by atoms with Gasteiger partial charge in [-0.25, -0.2) is 0 Å². The van der Waals surface area contributed by atoms with Crippen LogP contribution in [0.4, 0.5) is 0 Å². The number of ether oxygens (including phenoxy) is 4. The minimum atomic E-state index is -0.437. The summed E-state index contributed by atoms with van der Waals surface area (Å²) in [5.74, 6) is 0.901. The fourth-order valence-electron chi connectivity index (χ4n) is 3.10. The second kappa shape index (κ2) is 10.7. The second-order valence-electron chi connectivity index (χ2n) is 6.51. The number of rotatable bonds is 9. The molecule has 0 aliphatic heterocycles. The van der Waals surface area contributed by atoms with Crippen LogP contribution in [-0.2, 0) is 14.3 Å². The Morgan fingerprint density at radius 1 is 0.962 bits per heavy atom. The Balaban J connectivity index is 1.71. The van der Waals surface area contributed by atoms with Gasteiger partial charge in [0.15, 0.2) is 11.5 Å². The number of esters is 2. The molecule has 1 aliphatic rings. The standard InChI is InChI=1S/C20H28O6/c1-23-16-10-6-11-17(24-2)20(16)26-19(22)13-7-12-18(21)25-14-15-8-4-3-5-9-15/h6,10-11,15H,3-5,7-9,12-14H2,1-2H3. The first-order valence-electron chi connectivity index (χ1n) is 9.21. The van der Waals surface area contributed by atoms with Gasteiger partial charge in [0.05, 0.1) is 20.8 Å². The van der Waals surface area contributed by atoms with Gasteiger partial charge in [0.25, 0.3) is 0 Å². The third kappa shape index (κ3) is 6.24. The molecule has 2 rings (SSSR count). The molecular weight excluding hydrogens is 336 g/mol. The van der Waals surface area contributed by atoms with Crippen molar-refractivity contribution < 1.29 is 28.5 Å². The van der Waals surface area contributed by atoms with Gasteiger partial charge in [0.1, 0.15) is 0 Å². The lowest BCUT2D eigenvalue weighted by atomic mass is 9.90. The van der Waals surface area contributed by atoms with Crippen molar-refractivity contribution in [2.75, 3.05) is 20.8 Å². The molecule has 0 saturated heterocycles. The Labute approximate surface area is 154 Å². The summed E-state index contributed by atoms with van der Waals surface area (Å²) < 4.78 is 21.1. The molecule has 144 valence electrons. The number of para-hydroxylation sites is 1. The summed E-state index contributed by atoms with van der Waals surface area (Å²) in [7, 11) is 2.99. The lowest BCUT2D eigenvalue weighted by Gasteiger charge is -2.20. The van der Waals surface area contributed by atoms with Gasteiger partial charge in [0, 0.05) is 12.8 Å². The van der Waals surface area contributed by atoms with Crippen molar-refractivity contribution in [3.05, 3.63) is 18.2 Å². The minimum absolute atomic E-state index is 0.125. The maximum Gasteiger partial charge on any atom is 0.311 e. The molecule has 0 radical (unpaired) electrons. The monoisotopic (exact) mass is 364 g/mol. The Morgan fingerprint density at radius 2 is 1.58 bits per heavy atom. The maximum absolute atomic E-state index is 12.1. The molecule has 1 aromatic carbocycles. The van der Waals surface area contributed by atoms with E-state index in [1.807, 2.05) is 0 Å². The molecular formula is C20H28O6. The van der Waals surface area contributed by atoms with Crippen molar-refractivity contribution in [2.24, 2.45) is 5.92 Å². The van der Waals surface area contributed by atoms with Gasteiger partial charge in [0.2, 0.25) is 5.75 Å². The second-order valence-corrected chi connectivity index (χ2v) is 6.51. The van der Waals surface area contributed by atoms with E-state index < -0.39 is 5.97 Å². The number of carbonyl (C=O) groups is 2. The van der Waals surface area contributed by atoms with Crippen molar-refractivity contribution in [3.8, 4) is 17.2 Å². The molecule has 0 unspecified atom stereocenters. The highest BCUT2D eigenvalue weighted by Gasteiger charge is 2.17. The van der Waals surface area contributed by atoms with Gasteiger partial charge in [-0.1, -0.05) is 25.3 Å². The number of hydrogen-bond donors (Lipinski definition) is 0. The Bertz CT molecular complexity index is 570. The highest BCUT2D eigenvalue weighted by molar-refractivity contribution is 5.76. The van der Waals surface area contributed by atoms with E-state index in [0.29, 0.717) is 30.4 Å². The third-order valence-electron chi connectivity index (χ3n) is 4.57. The van der Waals surface area contributed by atoms with Crippen LogP contribution in [0, 0.1) is 5.92 Å². The molecule has 1 aliphatic carbocycles. The Morgan fingerprint density at radius 3 is 2.19 bits per heavy atom. The zero-order chi connectivity index (χ0) is 18.8. The van der Waals surface area contributed by atoms with E-state index in [4.69, 9.17) is 18.9 Å². The van der Waals surface area contributed by atoms with Crippen LogP contribution < -0.4 is 14.2 Å². The number of methoxy groups -OCH3 is 2. The molecule has 1 fully saturated rings. The predicted octanol–water partition coefficient (Wildman–Crippen LogP) is 3.90. The van der Waals surface area contributed by atoms with Crippen molar-refractivity contribution >= 4 is 11.9 Å². The van der Waals surface area contributed by atoms with Crippen molar-refractivity contribution in [1.82, 2.24) is 0 Å². The molecule has 6 nitrogen and oxygen atoms in total. The lowest BCUT2D eigenvalue weighted by molar-refractivity contribution is -0.145. The number of hydrogen-bond acceptors (Lipinski definition) is 6. The lowest BCUT2D eigenvalue weighted by Crippen LogP contribution is -2.17. The Kier molecular flexibility index (Phi) is 8.25. The summed E-state index contributed by atoms with van der Waals surface area (Å²) in [6.45, 7) is 0.502. The fourth-order valence-corrected chi connectivity index (χ4v) is 3.10. The summed E-state index contributed by atoms with van der Waals surface area (Å²) in [5.41, 5.74) is 0. The van der Waals surface area contributed by atoms with Crippen molar-refractivity contribution in [1.29, 1.82) is 0 Å². The van der Waals surface area contributed by atoms with Crippen LogP contribution in [0.5, 0.6) is 17.2 Å². The number of benzene rings is 1. The zero-order valence-electron chi connectivity index (χ0n) is 15.6. The van der Waals surface area contributed by atoms with Crippen LogP contribution in [-0.4, -0.2) is 32.8 Å². The topological polar surface area (TPSA) is 71.1 Å². The van der Waals surface area contributed by atoms with E-state index >= 15 is 0 Å². The van der Waals surface area contributed by atoms with E-state index in [2.05, 4.69) is 0 Å². The van der Waals surface area contributed by atoms with Crippen LogP contribution >= 0.6 is 0 Å². The van der Waals surface area contributed by atoms with E-state index in [0.717, 1.165) is 12.8 Å². The van der Waals surface area contributed by atoms with Gasteiger partial charge in [-0.3, -0.25) is 9.59 Å². The molecule has 0 bridgehead atoms. The molecule has 6 heteroatoms. The predicted molar refractivity (Wildman–Crippen MR) is 96.6 cm³/mol. The van der Waals surface area contributed by atoms with Gasteiger partial charge < -0.3 is 18.9 Å². The van der Waals surface area contributed by atoms with Gasteiger partial charge in [-0.2, -0.15) is 0 Å². The summed E-state index contributed by atoms with van der Waals surface area (Å²) in [5, 5.41) is 0. The molecule has 0 N–H and O–H groups in total.